The Balaban J connectivity index is 0. The third-order valence-corrected chi connectivity index (χ3v) is 1.82. The van der Waals surface area contributed by atoms with Crippen LogP contribution in [0.25, 0.3) is 0 Å². The predicted octanol–water partition coefficient (Wildman–Crippen LogP) is 3.46. The molecule has 2 N–H and O–H groups in total. The standard InChI is InChI=1S/C10H14O2.2C2H6/c1-10(2,12)9-5-3-4-8(6-9)7-11;2*1-2/h3-6,11-12H,7H2,1-2H3;2*1-2H3. The van der Waals surface area contributed by atoms with Crippen molar-refractivity contribution >= 4 is 0 Å². The van der Waals surface area contributed by atoms with Crippen LogP contribution in [0.2, 0.25) is 0 Å². The zero-order valence-electron chi connectivity index (χ0n) is 11.4. The van der Waals surface area contributed by atoms with E-state index in [-0.39, 0.29) is 6.61 Å². The van der Waals surface area contributed by atoms with Crippen molar-refractivity contribution in [3.63, 3.8) is 0 Å². The molecule has 0 spiro atoms. The number of hydrogen-bond donors (Lipinski definition) is 2. The molecule has 0 unspecified atom stereocenters. The van der Waals surface area contributed by atoms with E-state index in [1.165, 1.54) is 0 Å². The summed E-state index contributed by atoms with van der Waals surface area (Å²) in [6.45, 7) is 11.5. The Morgan fingerprint density at radius 2 is 1.56 bits per heavy atom. The molecule has 1 aromatic carbocycles. The Hall–Kier alpha value is -0.860. The third kappa shape index (κ3) is 6.59. The number of benzene rings is 1. The molecule has 1 rings (SSSR count). The minimum atomic E-state index is -0.828. The molecule has 0 bridgehead atoms. The molecule has 16 heavy (non-hydrogen) atoms. The molecule has 94 valence electrons. The Morgan fingerprint density at radius 3 is 1.94 bits per heavy atom. The highest BCUT2D eigenvalue weighted by Crippen LogP contribution is 2.20. The number of rotatable bonds is 2. The van der Waals surface area contributed by atoms with Crippen molar-refractivity contribution in [3.8, 4) is 0 Å². The number of aliphatic hydroxyl groups excluding tert-OH is 1. The molecule has 0 amide bonds. The van der Waals surface area contributed by atoms with Crippen LogP contribution >= 0.6 is 0 Å². The molecular weight excluding hydrogens is 200 g/mol. The summed E-state index contributed by atoms with van der Waals surface area (Å²) in [4.78, 5) is 0. The fraction of sp³-hybridized carbons (Fsp3) is 0.571. The van der Waals surface area contributed by atoms with Gasteiger partial charge in [-0.15, -0.1) is 0 Å². The Kier molecular flexibility index (Phi) is 10.3. The summed E-state index contributed by atoms with van der Waals surface area (Å²) in [5.74, 6) is 0. The number of aliphatic hydroxyl groups is 2. The lowest BCUT2D eigenvalue weighted by molar-refractivity contribution is 0.0784. The van der Waals surface area contributed by atoms with Crippen LogP contribution in [-0.4, -0.2) is 10.2 Å². The van der Waals surface area contributed by atoms with Gasteiger partial charge in [0.25, 0.3) is 0 Å². The van der Waals surface area contributed by atoms with Crippen molar-refractivity contribution in [1.82, 2.24) is 0 Å². The largest absolute Gasteiger partial charge is 0.392 e. The van der Waals surface area contributed by atoms with Crippen LogP contribution in [0.3, 0.4) is 0 Å². The van der Waals surface area contributed by atoms with E-state index in [0.29, 0.717) is 0 Å². The molecule has 0 aromatic heterocycles. The summed E-state index contributed by atoms with van der Waals surface area (Å²) >= 11 is 0. The summed E-state index contributed by atoms with van der Waals surface area (Å²) in [7, 11) is 0. The second-order valence-electron chi connectivity index (χ2n) is 3.42. The zero-order chi connectivity index (χ0) is 13.2. The predicted molar refractivity (Wildman–Crippen MR) is 70.3 cm³/mol. The van der Waals surface area contributed by atoms with E-state index in [2.05, 4.69) is 0 Å². The molecule has 0 saturated carbocycles. The molecule has 0 aliphatic carbocycles. The van der Waals surface area contributed by atoms with Gasteiger partial charge in [0.15, 0.2) is 0 Å². The second kappa shape index (κ2) is 9.37. The van der Waals surface area contributed by atoms with Gasteiger partial charge in [-0.25, -0.2) is 0 Å². The quantitative estimate of drug-likeness (QED) is 0.810. The molecule has 0 aliphatic rings. The van der Waals surface area contributed by atoms with Gasteiger partial charge in [0.1, 0.15) is 0 Å². The first-order valence-corrected chi connectivity index (χ1v) is 5.96. The van der Waals surface area contributed by atoms with Crippen molar-refractivity contribution in [3.05, 3.63) is 35.4 Å². The van der Waals surface area contributed by atoms with Gasteiger partial charge in [0.05, 0.1) is 12.2 Å². The maximum atomic E-state index is 9.63. The van der Waals surface area contributed by atoms with Gasteiger partial charge in [-0.2, -0.15) is 0 Å². The van der Waals surface area contributed by atoms with Crippen molar-refractivity contribution in [1.29, 1.82) is 0 Å². The number of hydrogen-bond acceptors (Lipinski definition) is 2. The summed E-state index contributed by atoms with van der Waals surface area (Å²) in [6.07, 6.45) is 0. The molecular formula is C14H26O2. The molecule has 0 saturated heterocycles. The van der Waals surface area contributed by atoms with E-state index < -0.39 is 5.60 Å². The Bertz CT molecular complexity index is 262. The van der Waals surface area contributed by atoms with E-state index in [9.17, 15) is 5.11 Å². The normalized spacial score (nSPS) is 9.50. The first kappa shape index (κ1) is 17.5. The lowest BCUT2D eigenvalue weighted by atomic mass is 9.97. The first-order chi connectivity index (χ1) is 7.54. The van der Waals surface area contributed by atoms with Crippen molar-refractivity contribution < 1.29 is 10.2 Å². The highest BCUT2D eigenvalue weighted by atomic mass is 16.3. The lowest BCUT2D eigenvalue weighted by Gasteiger charge is -2.18. The van der Waals surface area contributed by atoms with Crippen molar-refractivity contribution in [2.45, 2.75) is 53.8 Å². The maximum Gasteiger partial charge on any atom is 0.0840 e. The average Bonchev–Trinajstić information content (AvgIpc) is 2.33. The Morgan fingerprint density at radius 1 is 1.06 bits per heavy atom. The molecule has 2 nitrogen and oxygen atoms in total. The SMILES string of the molecule is CC.CC.CC(C)(O)c1cccc(CO)c1. The molecule has 2 heteroatoms. The van der Waals surface area contributed by atoms with E-state index in [1.54, 1.807) is 19.9 Å². The average molecular weight is 226 g/mol. The highest BCUT2D eigenvalue weighted by molar-refractivity contribution is 5.26. The second-order valence-corrected chi connectivity index (χ2v) is 3.42. The molecule has 0 radical (unpaired) electrons. The highest BCUT2D eigenvalue weighted by Gasteiger charge is 2.15. The van der Waals surface area contributed by atoms with Crippen LogP contribution in [0.15, 0.2) is 24.3 Å². The van der Waals surface area contributed by atoms with Crippen LogP contribution < -0.4 is 0 Å². The fourth-order valence-corrected chi connectivity index (χ4v) is 1.05. The smallest absolute Gasteiger partial charge is 0.0840 e. The van der Waals surface area contributed by atoms with Gasteiger partial charge >= 0.3 is 0 Å². The molecule has 0 atom stereocenters. The van der Waals surface area contributed by atoms with Crippen LogP contribution in [0.1, 0.15) is 52.7 Å². The van der Waals surface area contributed by atoms with E-state index in [0.717, 1.165) is 11.1 Å². The molecule has 0 aliphatic heterocycles. The van der Waals surface area contributed by atoms with Gasteiger partial charge in [-0.1, -0.05) is 52.0 Å². The fourth-order valence-electron chi connectivity index (χ4n) is 1.05. The topological polar surface area (TPSA) is 40.5 Å². The van der Waals surface area contributed by atoms with Crippen molar-refractivity contribution in [2.75, 3.05) is 0 Å². The summed E-state index contributed by atoms with van der Waals surface area (Å²) < 4.78 is 0. The maximum absolute atomic E-state index is 9.63. The van der Waals surface area contributed by atoms with Gasteiger partial charge in [-0.3, -0.25) is 0 Å². The van der Waals surface area contributed by atoms with Crippen LogP contribution in [0.5, 0.6) is 0 Å². The lowest BCUT2D eigenvalue weighted by Crippen LogP contribution is -2.15. The minimum Gasteiger partial charge on any atom is -0.392 e. The Labute approximate surface area is 100.0 Å². The summed E-state index contributed by atoms with van der Waals surface area (Å²) in [6, 6.07) is 7.31. The van der Waals surface area contributed by atoms with Gasteiger partial charge < -0.3 is 10.2 Å². The van der Waals surface area contributed by atoms with Gasteiger partial charge in [0.2, 0.25) is 0 Å². The van der Waals surface area contributed by atoms with E-state index >= 15 is 0 Å². The monoisotopic (exact) mass is 226 g/mol. The van der Waals surface area contributed by atoms with E-state index in [4.69, 9.17) is 5.11 Å². The van der Waals surface area contributed by atoms with Crippen LogP contribution in [-0.2, 0) is 12.2 Å². The minimum absolute atomic E-state index is 0.0178. The summed E-state index contributed by atoms with van der Waals surface area (Å²) in [5, 5.41) is 18.5. The molecule has 0 fully saturated rings. The van der Waals surface area contributed by atoms with Crippen LogP contribution in [0.4, 0.5) is 0 Å². The van der Waals surface area contributed by atoms with E-state index in [1.807, 2.05) is 45.9 Å². The van der Waals surface area contributed by atoms with Gasteiger partial charge in [-0.05, 0) is 25.0 Å². The molecule has 0 heterocycles. The third-order valence-electron chi connectivity index (χ3n) is 1.82. The van der Waals surface area contributed by atoms with Crippen molar-refractivity contribution in [2.24, 2.45) is 0 Å². The molecule has 1 aromatic rings. The summed E-state index contributed by atoms with van der Waals surface area (Å²) in [5.41, 5.74) is 0.828. The first-order valence-electron chi connectivity index (χ1n) is 5.96. The van der Waals surface area contributed by atoms with Crippen LogP contribution in [0, 0.1) is 0 Å². The van der Waals surface area contributed by atoms with Gasteiger partial charge in [0, 0.05) is 0 Å². The zero-order valence-corrected chi connectivity index (χ0v) is 11.4.